The Hall–Kier alpha value is -2.38. The fourth-order valence-electron chi connectivity index (χ4n) is 3.71. The predicted octanol–water partition coefficient (Wildman–Crippen LogP) is 4.06. The molecular weight excluding hydrogens is 400 g/mol. The van der Waals surface area contributed by atoms with E-state index in [1.165, 1.54) is 37.8 Å². The molecule has 3 rings (SSSR count). The number of hydrogen-bond donors (Lipinski definition) is 1. The van der Waals surface area contributed by atoms with Gasteiger partial charge in [0.05, 0.1) is 17.6 Å². The highest BCUT2D eigenvalue weighted by molar-refractivity contribution is 7.89. The Kier molecular flexibility index (Phi) is 6.83. The van der Waals surface area contributed by atoms with E-state index in [9.17, 15) is 13.2 Å². The number of esters is 1. The first-order valence-electron chi connectivity index (χ1n) is 10.3. The first-order chi connectivity index (χ1) is 14.2. The molecule has 0 amide bonds. The van der Waals surface area contributed by atoms with E-state index >= 15 is 0 Å². The van der Waals surface area contributed by atoms with Crippen molar-refractivity contribution in [3.05, 3.63) is 59.2 Å². The van der Waals surface area contributed by atoms with E-state index in [-0.39, 0.29) is 10.5 Å². The van der Waals surface area contributed by atoms with Gasteiger partial charge in [-0.25, -0.2) is 17.9 Å². The lowest BCUT2D eigenvalue weighted by atomic mass is 9.98. The second-order valence-electron chi connectivity index (χ2n) is 8.07. The van der Waals surface area contributed by atoms with Crippen LogP contribution in [0.2, 0.25) is 0 Å². The van der Waals surface area contributed by atoms with Gasteiger partial charge in [0.15, 0.2) is 0 Å². The fourth-order valence-corrected chi connectivity index (χ4v) is 4.97. The van der Waals surface area contributed by atoms with E-state index in [4.69, 9.17) is 4.74 Å². The van der Waals surface area contributed by atoms with E-state index < -0.39 is 22.0 Å². The first-order valence-corrected chi connectivity index (χ1v) is 11.8. The Balaban J connectivity index is 1.73. The third-order valence-corrected chi connectivity index (χ3v) is 7.34. The van der Waals surface area contributed by atoms with Gasteiger partial charge in [0.25, 0.3) is 0 Å². The zero-order valence-corrected chi connectivity index (χ0v) is 18.8. The van der Waals surface area contributed by atoms with E-state index in [1.54, 1.807) is 13.0 Å². The number of ether oxygens (including phenoxy) is 1. The Bertz CT molecular complexity index is 994. The molecule has 6 nitrogen and oxygen atoms in total. The Morgan fingerprint density at radius 2 is 1.77 bits per heavy atom. The number of piperidine rings is 1. The number of nitrogens with zero attached hydrogens (tertiary/aromatic N) is 1. The third kappa shape index (κ3) is 5.02. The number of carbonyl (C=O) groups is 1. The molecule has 0 spiro atoms. The maximum atomic E-state index is 12.9. The quantitative estimate of drug-likeness (QED) is 0.700. The second kappa shape index (κ2) is 9.18. The van der Waals surface area contributed by atoms with Gasteiger partial charge in [-0.05, 0) is 68.0 Å². The number of benzene rings is 2. The molecule has 0 saturated carbocycles. The van der Waals surface area contributed by atoms with Gasteiger partial charge in [0.2, 0.25) is 10.0 Å². The normalized spacial score (nSPS) is 16.3. The van der Waals surface area contributed by atoms with Crippen molar-refractivity contribution in [2.45, 2.75) is 44.6 Å². The number of rotatable bonds is 6. The van der Waals surface area contributed by atoms with E-state index in [1.807, 2.05) is 19.1 Å². The molecule has 1 aliphatic heterocycles. The summed E-state index contributed by atoms with van der Waals surface area (Å²) < 4.78 is 33.2. The SMILES string of the molecule is COC(=O)c1cc(S(=O)(=O)N[C@@H](C)c2ccc(N3CCC(C)CC3)cc2)ccc1C. The highest BCUT2D eigenvalue weighted by Gasteiger charge is 2.22. The topological polar surface area (TPSA) is 75.7 Å². The van der Waals surface area contributed by atoms with Crippen molar-refractivity contribution in [1.82, 2.24) is 4.72 Å². The summed E-state index contributed by atoms with van der Waals surface area (Å²) in [6.07, 6.45) is 2.39. The van der Waals surface area contributed by atoms with Gasteiger partial charge in [-0.2, -0.15) is 0 Å². The van der Waals surface area contributed by atoms with Crippen molar-refractivity contribution in [2.24, 2.45) is 5.92 Å². The zero-order chi connectivity index (χ0) is 21.9. The molecule has 1 N–H and O–H groups in total. The Labute approximate surface area is 179 Å². The van der Waals surface area contributed by atoms with Crippen LogP contribution in [0.25, 0.3) is 0 Å². The summed E-state index contributed by atoms with van der Waals surface area (Å²) in [7, 11) is -2.52. The average molecular weight is 431 g/mol. The monoisotopic (exact) mass is 430 g/mol. The predicted molar refractivity (Wildman–Crippen MR) is 118 cm³/mol. The van der Waals surface area contributed by atoms with Crippen molar-refractivity contribution in [2.75, 3.05) is 25.1 Å². The van der Waals surface area contributed by atoms with E-state index in [2.05, 4.69) is 28.7 Å². The highest BCUT2D eigenvalue weighted by atomic mass is 32.2. The van der Waals surface area contributed by atoms with Crippen LogP contribution < -0.4 is 9.62 Å². The first kappa shape index (κ1) is 22.3. The van der Waals surface area contributed by atoms with Gasteiger partial charge in [-0.3, -0.25) is 0 Å². The number of carbonyl (C=O) groups excluding carboxylic acids is 1. The molecule has 1 fully saturated rings. The minimum Gasteiger partial charge on any atom is -0.465 e. The van der Waals surface area contributed by atoms with Gasteiger partial charge in [0, 0.05) is 24.8 Å². The maximum absolute atomic E-state index is 12.9. The van der Waals surface area contributed by atoms with Crippen LogP contribution in [0.3, 0.4) is 0 Å². The number of methoxy groups -OCH3 is 1. The van der Waals surface area contributed by atoms with Crippen LogP contribution in [0, 0.1) is 12.8 Å². The Morgan fingerprint density at radius 3 is 2.37 bits per heavy atom. The molecule has 0 radical (unpaired) electrons. The van der Waals surface area contributed by atoms with Crippen molar-refractivity contribution >= 4 is 21.7 Å². The maximum Gasteiger partial charge on any atom is 0.338 e. The number of anilines is 1. The van der Waals surface area contributed by atoms with Crippen LogP contribution in [-0.4, -0.2) is 34.6 Å². The molecule has 2 aromatic rings. The molecule has 7 heteroatoms. The van der Waals surface area contributed by atoms with Crippen molar-refractivity contribution in [1.29, 1.82) is 0 Å². The molecule has 1 atom stereocenters. The van der Waals surface area contributed by atoms with Crippen LogP contribution in [-0.2, 0) is 14.8 Å². The molecule has 0 aromatic heterocycles. The van der Waals surface area contributed by atoms with Gasteiger partial charge in [0.1, 0.15) is 0 Å². The molecule has 0 unspecified atom stereocenters. The highest BCUT2D eigenvalue weighted by Crippen LogP contribution is 2.25. The summed E-state index contributed by atoms with van der Waals surface area (Å²) in [4.78, 5) is 14.3. The van der Waals surface area contributed by atoms with E-state index in [0.717, 1.165) is 24.6 Å². The number of sulfonamides is 1. The summed E-state index contributed by atoms with van der Waals surface area (Å²) in [5, 5.41) is 0. The summed E-state index contributed by atoms with van der Waals surface area (Å²) in [5.41, 5.74) is 2.96. The summed E-state index contributed by atoms with van der Waals surface area (Å²) >= 11 is 0. The van der Waals surface area contributed by atoms with Crippen molar-refractivity contribution in [3.8, 4) is 0 Å². The number of nitrogens with one attached hydrogen (secondary N) is 1. The molecule has 0 bridgehead atoms. The second-order valence-corrected chi connectivity index (χ2v) is 9.79. The van der Waals surface area contributed by atoms with Gasteiger partial charge >= 0.3 is 5.97 Å². The van der Waals surface area contributed by atoms with Crippen LogP contribution >= 0.6 is 0 Å². The van der Waals surface area contributed by atoms with Gasteiger partial charge < -0.3 is 9.64 Å². The molecule has 162 valence electrons. The lowest BCUT2D eigenvalue weighted by molar-refractivity contribution is 0.0599. The van der Waals surface area contributed by atoms with Crippen molar-refractivity contribution in [3.63, 3.8) is 0 Å². The molecule has 1 saturated heterocycles. The molecular formula is C23H30N2O4S. The average Bonchev–Trinajstić information content (AvgIpc) is 2.73. The minimum absolute atomic E-state index is 0.0411. The van der Waals surface area contributed by atoms with Crippen LogP contribution in [0.15, 0.2) is 47.4 Å². The molecule has 2 aromatic carbocycles. The van der Waals surface area contributed by atoms with Gasteiger partial charge in [-0.15, -0.1) is 0 Å². The number of aryl methyl sites for hydroxylation is 1. The summed E-state index contributed by atoms with van der Waals surface area (Å²) in [6.45, 7) is 7.95. The smallest absolute Gasteiger partial charge is 0.338 e. The standard InChI is InChI=1S/C23H30N2O4S/c1-16-11-13-25(14-12-16)20-8-6-19(7-9-20)18(3)24-30(27,28)21-10-5-17(2)22(15-21)23(26)29-4/h5-10,15-16,18,24H,11-14H2,1-4H3/t18-/m0/s1. The van der Waals surface area contributed by atoms with Crippen molar-refractivity contribution < 1.29 is 17.9 Å². The third-order valence-electron chi connectivity index (χ3n) is 5.80. The van der Waals surface area contributed by atoms with Gasteiger partial charge in [-0.1, -0.05) is 25.1 Å². The number of hydrogen-bond acceptors (Lipinski definition) is 5. The molecule has 1 aliphatic rings. The summed E-state index contributed by atoms with van der Waals surface area (Å²) in [6, 6.07) is 12.1. The lowest BCUT2D eigenvalue weighted by Gasteiger charge is -2.32. The molecule has 0 aliphatic carbocycles. The van der Waals surface area contributed by atoms with Crippen LogP contribution in [0.5, 0.6) is 0 Å². The van der Waals surface area contributed by atoms with E-state index in [0.29, 0.717) is 5.56 Å². The fraction of sp³-hybridized carbons (Fsp3) is 0.435. The summed E-state index contributed by atoms with van der Waals surface area (Å²) in [5.74, 6) is 0.219. The lowest BCUT2D eigenvalue weighted by Crippen LogP contribution is -2.32. The zero-order valence-electron chi connectivity index (χ0n) is 18.0. The molecule has 30 heavy (non-hydrogen) atoms. The largest absolute Gasteiger partial charge is 0.465 e. The Morgan fingerprint density at radius 1 is 1.13 bits per heavy atom. The molecule has 1 heterocycles. The van der Waals surface area contributed by atoms with Crippen LogP contribution in [0.1, 0.15) is 54.2 Å². The van der Waals surface area contributed by atoms with Crippen LogP contribution in [0.4, 0.5) is 5.69 Å². The minimum atomic E-state index is -3.79.